The summed E-state index contributed by atoms with van der Waals surface area (Å²) in [5.74, 6) is -0.240. The van der Waals surface area contributed by atoms with Crippen LogP contribution in [-0.4, -0.2) is 94.1 Å². The fourth-order valence-electron chi connectivity index (χ4n) is 3.80. The van der Waals surface area contributed by atoms with Gasteiger partial charge in [-0.15, -0.1) is 0 Å². The normalized spacial score (nSPS) is 52.1. The maximum absolute atomic E-state index is 10.4. The summed E-state index contributed by atoms with van der Waals surface area (Å²) in [4.78, 5) is 0. The van der Waals surface area contributed by atoms with Gasteiger partial charge in [0.05, 0.1) is 18.8 Å². The van der Waals surface area contributed by atoms with Crippen molar-refractivity contribution in [3.05, 3.63) is 0 Å². The predicted octanol–water partition coefficient (Wildman–Crippen LogP) is -1.91. The second kappa shape index (κ2) is 8.12. The second-order valence-corrected chi connectivity index (χ2v) is 7.03. The first-order chi connectivity index (χ1) is 11.9. The molecule has 0 amide bonds. The van der Waals surface area contributed by atoms with E-state index in [-0.39, 0.29) is 12.0 Å². The zero-order valence-corrected chi connectivity index (χ0v) is 14.2. The van der Waals surface area contributed by atoms with Crippen molar-refractivity contribution in [2.75, 3.05) is 13.2 Å². The topological polar surface area (TPSA) is 138 Å². The molecule has 0 aromatic rings. The fourth-order valence-corrected chi connectivity index (χ4v) is 3.80. The number of ether oxygens (including phenoxy) is 4. The van der Waals surface area contributed by atoms with Gasteiger partial charge < -0.3 is 44.5 Å². The molecule has 6 aliphatic rings. The lowest BCUT2D eigenvalue weighted by Crippen LogP contribution is -2.63. The summed E-state index contributed by atoms with van der Waals surface area (Å²) in [6, 6.07) is 0. The molecule has 146 valence electrons. The third-order valence-electron chi connectivity index (χ3n) is 5.34. The fraction of sp³-hybridized carbons (Fsp3) is 1.00. The van der Waals surface area contributed by atoms with E-state index in [1.807, 2.05) is 0 Å². The van der Waals surface area contributed by atoms with Crippen LogP contribution in [0.1, 0.15) is 26.2 Å². The monoisotopic (exact) mass is 364 g/mol. The molecule has 0 radical (unpaired) electrons. The lowest BCUT2D eigenvalue weighted by molar-refractivity contribution is -0.355. The molecule has 0 aliphatic carbocycles. The highest BCUT2D eigenvalue weighted by atomic mass is 16.7. The van der Waals surface area contributed by atoms with E-state index >= 15 is 0 Å². The number of rotatable bonds is 1. The molecular formula is C16H28O9. The van der Waals surface area contributed by atoms with Gasteiger partial charge in [0.25, 0.3) is 0 Å². The van der Waals surface area contributed by atoms with Crippen LogP contribution in [0.3, 0.4) is 0 Å². The van der Waals surface area contributed by atoms with Crippen molar-refractivity contribution in [2.24, 2.45) is 5.92 Å². The maximum atomic E-state index is 10.4. The van der Waals surface area contributed by atoms with Crippen molar-refractivity contribution in [3.8, 4) is 0 Å². The van der Waals surface area contributed by atoms with Gasteiger partial charge in [-0.3, -0.25) is 0 Å². The van der Waals surface area contributed by atoms with Gasteiger partial charge in [-0.05, 0) is 19.8 Å². The van der Waals surface area contributed by atoms with E-state index in [4.69, 9.17) is 18.9 Å². The highest BCUT2D eigenvalue weighted by molar-refractivity contribution is 4.93. The molecule has 4 bridgehead atoms. The van der Waals surface area contributed by atoms with Gasteiger partial charge in [0.15, 0.2) is 12.6 Å². The number of hydrogen-bond acceptors (Lipinski definition) is 9. The quantitative estimate of drug-likeness (QED) is 0.361. The molecule has 0 saturated carbocycles. The van der Waals surface area contributed by atoms with Crippen LogP contribution in [0.2, 0.25) is 0 Å². The Morgan fingerprint density at radius 3 is 2.28 bits per heavy atom. The molecule has 9 heteroatoms. The van der Waals surface area contributed by atoms with Crippen LogP contribution < -0.4 is 0 Å². The third kappa shape index (κ3) is 3.85. The molecule has 9 nitrogen and oxygen atoms in total. The average Bonchev–Trinajstić information content (AvgIpc) is 2.59. The van der Waals surface area contributed by atoms with Crippen molar-refractivity contribution >= 4 is 0 Å². The van der Waals surface area contributed by atoms with Gasteiger partial charge in [0.1, 0.15) is 30.5 Å². The molecule has 6 unspecified atom stereocenters. The lowest BCUT2D eigenvalue weighted by atomic mass is 9.85. The Morgan fingerprint density at radius 2 is 1.56 bits per heavy atom. The molecule has 6 saturated heterocycles. The SMILES string of the molecule is CC1O[C@@H]2OC3C(CO)O[C@H](OCCCCC1[C@H](O)C2O)C(O)[C@H]3O. The van der Waals surface area contributed by atoms with Gasteiger partial charge >= 0.3 is 0 Å². The van der Waals surface area contributed by atoms with Crippen molar-refractivity contribution in [2.45, 2.75) is 81.5 Å². The van der Waals surface area contributed by atoms with Crippen molar-refractivity contribution in [1.29, 1.82) is 0 Å². The largest absolute Gasteiger partial charge is 0.394 e. The van der Waals surface area contributed by atoms with Gasteiger partial charge in [-0.25, -0.2) is 0 Å². The minimum atomic E-state index is -1.40. The molecule has 6 heterocycles. The van der Waals surface area contributed by atoms with Crippen LogP contribution in [0.4, 0.5) is 0 Å². The first-order valence-corrected chi connectivity index (χ1v) is 8.85. The molecule has 6 fully saturated rings. The van der Waals surface area contributed by atoms with Crippen molar-refractivity contribution in [1.82, 2.24) is 0 Å². The average molecular weight is 364 g/mol. The summed E-state index contributed by atoms with van der Waals surface area (Å²) in [7, 11) is 0. The van der Waals surface area contributed by atoms with Crippen molar-refractivity contribution in [3.63, 3.8) is 0 Å². The number of hydrogen-bond donors (Lipinski definition) is 5. The molecular weight excluding hydrogens is 336 g/mol. The lowest BCUT2D eigenvalue weighted by Gasteiger charge is -2.47. The summed E-state index contributed by atoms with van der Waals surface area (Å²) in [5.41, 5.74) is 0. The van der Waals surface area contributed by atoms with Crippen LogP contribution in [-0.2, 0) is 18.9 Å². The molecule has 25 heavy (non-hydrogen) atoms. The van der Waals surface area contributed by atoms with Gasteiger partial charge in [0, 0.05) is 12.5 Å². The smallest absolute Gasteiger partial charge is 0.186 e. The van der Waals surface area contributed by atoms with Gasteiger partial charge in [-0.2, -0.15) is 0 Å². The maximum Gasteiger partial charge on any atom is 0.186 e. The van der Waals surface area contributed by atoms with Crippen LogP contribution in [0.15, 0.2) is 0 Å². The Bertz CT molecular complexity index is 434. The van der Waals surface area contributed by atoms with Crippen molar-refractivity contribution < 1.29 is 44.5 Å². The van der Waals surface area contributed by atoms with Gasteiger partial charge in [-0.1, -0.05) is 6.42 Å². The molecule has 6 aliphatic heterocycles. The van der Waals surface area contributed by atoms with E-state index in [1.165, 1.54) is 0 Å². The van der Waals surface area contributed by atoms with E-state index in [2.05, 4.69) is 0 Å². The molecule has 0 aromatic heterocycles. The summed E-state index contributed by atoms with van der Waals surface area (Å²) >= 11 is 0. The van der Waals surface area contributed by atoms with E-state index < -0.39 is 55.8 Å². The highest BCUT2D eigenvalue weighted by Gasteiger charge is 2.50. The number of aliphatic hydroxyl groups excluding tert-OH is 5. The molecule has 10 atom stereocenters. The van der Waals surface area contributed by atoms with Crippen LogP contribution in [0.5, 0.6) is 0 Å². The van der Waals surface area contributed by atoms with Crippen LogP contribution in [0, 0.1) is 5.92 Å². The van der Waals surface area contributed by atoms with E-state index in [0.717, 1.165) is 6.42 Å². The van der Waals surface area contributed by atoms with E-state index in [0.29, 0.717) is 19.4 Å². The minimum absolute atomic E-state index is 0.240. The molecule has 6 rings (SSSR count). The second-order valence-electron chi connectivity index (χ2n) is 7.03. The predicted molar refractivity (Wildman–Crippen MR) is 82.3 cm³/mol. The Kier molecular flexibility index (Phi) is 6.30. The Labute approximate surface area is 146 Å². The zero-order valence-electron chi connectivity index (χ0n) is 14.2. The summed E-state index contributed by atoms with van der Waals surface area (Å²) in [6.07, 6.45) is -7.82. The van der Waals surface area contributed by atoms with E-state index in [9.17, 15) is 25.5 Å². The summed E-state index contributed by atoms with van der Waals surface area (Å²) in [5, 5.41) is 50.9. The first-order valence-electron chi connectivity index (χ1n) is 8.85. The molecule has 5 N–H and O–H groups in total. The standard InChI is InChI=1S/C16H28O9/c1-7-8-4-2-3-5-22-15-13(21)11(19)14(9(6-17)24-15)25-16(23-7)12(20)10(8)18/h7-21H,2-6H2,1H3/t7?,8?,9?,10-,11+,12?,13?,14?,15-,16+/m0/s1. The summed E-state index contributed by atoms with van der Waals surface area (Å²) in [6.45, 7) is 1.61. The molecule has 0 spiro atoms. The highest BCUT2D eigenvalue weighted by Crippen LogP contribution is 2.34. The zero-order chi connectivity index (χ0) is 18.1. The Hall–Kier alpha value is -0.360. The van der Waals surface area contributed by atoms with Gasteiger partial charge in [0.2, 0.25) is 0 Å². The number of aliphatic hydroxyl groups is 5. The Morgan fingerprint density at radius 1 is 0.840 bits per heavy atom. The summed E-state index contributed by atoms with van der Waals surface area (Å²) < 4.78 is 22.4. The molecule has 0 aromatic carbocycles. The van der Waals surface area contributed by atoms with Crippen LogP contribution >= 0.6 is 0 Å². The Balaban J connectivity index is 1.85. The third-order valence-corrected chi connectivity index (χ3v) is 5.34. The van der Waals surface area contributed by atoms with Crippen LogP contribution in [0.25, 0.3) is 0 Å². The van der Waals surface area contributed by atoms with E-state index in [1.54, 1.807) is 6.92 Å². The first kappa shape index (κ1) is 19.4. The minimum Gasteiger partial charge on any atom is -0.394 e.